The maximum atomic E-state index is 13.0. The van der Waals surface area contributed by atoms with E-state index in [0.29, 0.717) is 194 Å². The van der Waals surface area contributed by atoms with Crippen LogP contribution in [-0.2, 0) is 35.3 Å². The normalized spacial score (nSPS) is 17.9. The quantitative estimate of drug-likeness (QED) is 0.0811. The van der Waals surface area contributed by atoms with E-state index in [2.05, 4.69) is 118 Å². The number of hydrogen-bond donors (Lipinski definition) is 0. The van der Waals surface area contributed by atoms with Gasteiger partial charge < -0.3 is 34.0 Å². The van der Waals surface area contributed by atoms with Crippen LogP contribution in [0.1, 0.15) is 92.7 Å². The van der Waals surface area contributed by atoms with Gasteiger partial charge in [0.05, 0.1) is 120 Å². The van der Waals surface area contributed by atoms with Gasteiger partial charge in [0.15, 0.2) is 65.8 Å². The maximum Gasteiger partial charge on any atom is 0.435 e. The van der Waals surface area contributed by atoms with Crippen LogP contribution >= 0.6 is 0 Å². The highest BCUT2D eigenvalue weighted by atomic mass is 32.2. The van der Waals surface area contributed by atoms with E-state index >= 15 is 0 Å². The summed E-state index contributed by atoms with van der Waals surface area (Å²) in [6.45, 7) is 6.19. The summed E-state index contributed by atoms with van der Waals surface area (Å²) in [5.74, 6) is 3.02. The molecule has 5 atom stereocenters. The van der Waals surface area contributed by atoms with Crippen LogP contribution in [0.2, 0.25) is 0 Å². The standard InChI is InChI=1S/C17H15F2N7.2C17H18F2N6O2S.C16H12F3N7O.C16H13F2N7O/c18-17(19)12-3-4-15-21-8-14(26(15)24-12)13-6-16(23-10-22-13)25-5-1-2-11(7-20)9-25;2*1-28(26,27)11-3-2-6-24(9-11)16-7-13(21-10-22-16)14-8-20-15-5-4-12(17(18)19)23-25(14)15;17-16(18,19)13-1-2-14-21-7-12(26(14)24-13)11-5-15(23-9-22-11)25-3-4-27-10(6-20)8-25;17-16(18)11-1-2-14-20-7-13(25(14)23-11)12-5-15(22-9-21-12)24-3-4-26-10(6-19)8-24/h3-4,6,8,10-11,17H,1-2,5,9H2;2*4-5,7-8,10-11,17H,2-3,6,9H2,1H3;1-2,5,7,9-10H,3-4,8H2;1-2,5,7,9-10,16H,3-4,8H2. The zero-order valence-corrected chi connectivity index (χ0v) is 72.7. The number of aromatic nitrogens is 25. The molecule has 0 aliphatic carbocycles. The van der Waals surface area contributed by atoms with E-state index in [4.69, 9.17) is 25.3 Å². The maximum absolute atomic E-state index is 13.0. The lowest BCUT2D eigenvalue weighted by molar-refractivity contribution is -0.141. The van der Waals surface area contributed by atoms with Gasteiger partial charge in [0.1, 0.15) is 112 Å². The Morgan fingerprint density at radius 1 is 0.348 bits per heavy atom. The van der Waals surface area contributed by atoms with Crippen molar-refractivity contribution in [1.29, 1.82) is 15.8 Å². The third kappa shape index (κ3) is 21.5. The molecule has 15 aromatic heterocycles. The van der Waals surface area contributed by atoms with E-state index in [-0.39, 0.29) is 34.3 Å². The average Bonchev–Trinajstić information content (AvgIpc) is 1.68. The van der Waals surface area contributed by atoms with Crippen LogP contribution in [0.15, 0.2) is 154 Å². The summed E-state index contributed by atoms with van der Waals surface area (Å²) < 4.78 is 207. The zero-order chi connectivity index (χ0) is 95.0. The third-order valence-corrected chi connectivity index (χ3v) is 25.5. The monoisotopic (exact) mass is 1900 g/mol. The summed E-state index contributed by atoms with van der Waals surface area (Å²) in [6.07, 6.45) is 5.05. The molecule has 698 valence electrons. The molecule has 5 fully saturated rings. The summed E-state index contributed by atoms with van der Waals surface area (Å²) in [5.41, 5.74) is 4.23. The van der Waals surface area contributed by atoms with Crippen LogP contribution in [0.5, 0.6) is 0 Å². The van der Waals surface area contributed by atoms with Gasteiger partial charge in [-0.15, -0.1) is 0 Å². The minimum Gasteiger partial charge on any atom is -0.360 e. The number of rotatable bonds is 16. The van der Waals surface area contributed by atoms with Crippen molar-refractivity contribution < 1.29 is 74.6 Å². The van der Waals surface area contributed by atoms with Crippen molar-refractivity contribution in [3.8, 4) is 75.1 Å². The van der Waals surface area contributed by atoms with Crippen molar-refractivity contribution >= 4 is 77.0 Å². The molecule has 0 bridgehead atoms. The minimum atomic E-state index is -4.56. The highest BCUT2D eigenvalue weighted by Gasteiger charge is 2.36. The van der Waals surface area contributed by atoms with Crippen molar-refractivity contribution in [2.24, 2.45) is 5.92 Å². The zero-order valence-electron chi connectivity index (χ0n) is 71.0. The Hall–Kier alpha value is -15.0. The largest absolute Gasteiger partial charge is 0.435 e. The Bertz CT molecular complexity index is 6840. The molecule has 52 heteroatoms. The van der Waals surface area contributed by atoms with Gasteiger partial charge in [0.25, 0.3) is 25.7 Å². The van der Waals surface area contributed by atoms with Gasteiger partial charge in [0.2, 0.25) is 0 Å². The van der Waals surface area contributed by atoms with Gasteiger partial charge in [-0.1, -0.05) is 0 Å². The van der Waals surface area contributed by atoms with Gasteiger partial charge in [-0.3, -0.25) is 0 Å². The van der Waals surface area contributed by atoms with E-state index in [1.807, 2.05) is 24.5 Å². The summed E-state index contributed by atoms with van der Waals surface area (Å²) >= 11 is 0. The van der Waals surface area contributed by atoms with Crippen LogP contribution in [0.25, 0.3) is 85.2 Å². The highest BCUT2D eigenvalue weighted by molar-refractivity contribution is 7.91. The van der Waals surface area contributed by atoms with Crippen LogP contribution in [0.3, 0.4) is 0 Å². The first-order valence-corrected chi connectivity index (χ1v) is 45.4. The molecule has 5 aliphatic rings. The molecule has 5 saturated heterocycles. The summed E-state index contributed by atoms with van der Waals surface area (Å²) in [5, 5.41) is 45.8. The molecule has 15 aromatic rings. The van der Waals surface area contributed by atoms with E-state index in [1.165, 1.54) is 142 Å². The van der Waals surface area contributed by atoms with Gasteiger partial charge in [0, 0.05) is 95.2 Å². The third-order valence-electron chi connectivity index (χ3n) is 22.3. The number of imidazole rings is 5. The van der Waals surface area contributed by atoms with Gasteiger partial charge in [-0.05, 0) is 99.2 Å². The molecule has 0 radical (unpaired) electrons. The van der Waals surface area contributed by atoms with Crippen LogP contribution in [-0.4, -0.2) is 254 Å². The van der Waals surface area contributed by atoms with E-state index in [0.717, 1.165) is 42.8 Å². The smallest absolute Gasteiger partial charge is 0.360 e. The van der Waals surface area contributed by atoms with E-state index in [9.17, 15) is 65.1 Å². The molecule has 39 nitrogen and oxygen atoms in total. The summed E-state index contributed by atoms with van der Waals surface area (Å²) in [4.78, 5) is 72.8. The van der Waals surface area contributed by atoms with Crippen LogP contribution in [0, 0.1) is 39.9 Å². The number of ether oxygens (including phenoxy) is 2. The van der Waals surface area contributed by atoms with Gasteiger partial charge in [-0.25, -0.2) is 149 Å². The SMILES string of the molecule is CS(=O)(=O)C1CCCN(c2cc(-c3cnc4ccc(C(F)F)nn34)ncn2)C1.CS(=O)(=O)C1CCCN(c2cc(-c3cnc4ccc(C(F)F)nn34)ncn2)C1.N#CC1CCCN(c2cc(-c3cnc4ccc(C(F)F)nn34)ncn2)C1.N#CC1CN(c2cc(-c3cnc4ccc(C(F)(F)F)nn34)ncn2)CCO1.N#CC1CN(c2cc(-c3cnc4ccc(C(F)F)nn34)ncn2)CCO1. The van der Waals surface area contributed by atoms with Crippen LogP contribution < -0.4 is 24.5 Å². The van der Waals surface area contributed by atoms with Gasteiger partial charge in [-0.2, -0.15) is 54.5 Å². The molecular formula is C83H76F11N33O6S2. The molecule has 0 saturated carbocycles. The number of nitrogens with zero attached hydrogens (tertiary/aromatic N) is 33. The number of piperidine rings is 3. The molecule has 5 unspecified atom stereocenters. The number of morpholine rings is 2. The Kier molecular flexibility index (Phi) is 27.8. The summed E-state index contributed by atoms with van der Waals surface area (Å²) in [7, 11) is -6.28. The molecule has 20 rings (SSSR count). The lowest BCUT2D eigenvalue weighted by Crippen LogP contribution is -2.42. The Morgan fingerprint density at radius 2 is 0.622 bits per heavy atom. The molecule has 5 aliphatic heterocycles. The van der Waals surface area contributed by atoms with Crippen LogP contribution in [0.4, 0.5) is 77.4 Å². The molecule has 0 amide bonds. The first kappa shape index (κ1) is 93.3. The lowest BCUT2D eigenvalue weighted by atomic mass is 10.00. The van der Waals surface area contributed by atoms with Gasteiger partial charge >= 0.3 is 6.18 Å². The average molecular weight is 1900 g/mol. The van der Waals surface area contributed by atoms with E-state index in [1.54, 1.807) is 36.5 Å². The fraction of sp³-hybridized carbons (Fsp3) is 0.361. The molecule has 0 aromatic carbocycles. The first-order chi connectivity index (χ1) is 64.9. The summed E-state index contributed by atoms with van der Waals surface area (Å²) in [6, 6.07) is 28.0. The number of fused-ring (bicyclic) bond motifs is 5. The molecule has 20 heterocycles. The first-order valence-electron chi connectivity index (χ1n) is 41.5. The van der Waals surface area contributed by atoms with Crippen molar-refractivity contribution in [2.75, 3.05) is 116 Å². The second-order valence-corrected chi connectivity index (χ2v) is 35.8. The Labute approximate surface area is 758 Å². The van der Waals surface area contributed by atoms with Crippen molar-refractivity contribution in [2.45, 2.75) is 93.1 Å². The number of nitriles is 3. The van der Waals surface area contributed by atoms with Crippen molar-refractivity contribution in [1.82, 2.24) is 123 Å². The second kappa shape index (κ2) is 40.2. The predicted molar refractivity (Wildman–Crippen MR) is 461 cm³/mol. The van der Waals surface area contributed by atoms with E-state index < -0.39 is 80.0 Å². The second-order valence-electron chi connectivity index (χ2n) is 31.2. The number of hydrogen-bond acceptors (Lipinski definition) is 34. The Balaban J connectivity index is 0.000000123. The highest BCUT2D eigenvalue weighted by Crippen LogP contribution is 2.35. The number of alkyl halides is 11. The molecule has 0 N–H and O–H groups in total. The lowest BCUT2D eigenvalue weighted by Gasteiger charge is -2.32. The fourth-order valence-electron chi connectivity index (χ4n) is 15.4. The predicted octanol–water partition coefficient (Wildman–Crippen LogP) is 10.9. The molecule has 135 heavy (non-hydrogen) atoms. The fourth-order valence-corrected chi connectivity index (χ4v) is 17.5. The van der Waals surface area contributed by atoms with Crippen molar-refractivity contribution in [3.05, 3.63) is 182 Å². The number of halogens is 11. The topological polar surface area (TPSA) is 454 Å². The number of sulfone groups is 2. The Morgan fingerprint density at radius 3 is 0.896 bits per heavy atom. The molecular weight excluding hydrogens is 1830 g/mol. The molecule has 0 spiro atoms. The minimum absolute atomic E-state index is 0.0202. The van der Waals surface area contributed by atoms with Crippen molar-refractivity contribution in [3.63, 3.8) is 0 Å². The number of anilines is 5.